The number of aromatic amines is 1. The first-order chi connectivity index (χ1) is 12.1. The van der Waals surface area contributed by atoms with Gasteiger partial charge >= 0.3 is 0 Å². The largest absolute Gasteiger partial charge is 0.351 e. The van der Waals surface area contributed by atoms with E-state index < -0.39 is 0 Å². The third-order valence-electron chi connectivity index (χ3n) is 4.93. The molecule has 1 amide bonds. The van der Waals surface area contributed by atoms with E-state index in [1.807, 2.05) is 6.07 Å². The monoisotopic (exact) mass is 337 g/mol. The van der Waals surface area contributed by atoms with Crippen molar-refractivity contribution in [3.63, 3.8) is 0 Å². The summed E-state index contributed by atoms with van der Waals surface area (Å²) in [6, 6.07) is 6.12. The molecule has 0 saturated carbocycles. The van der Waals surface area contributed by atoms with E-state index in [-0.39, 0.29) is 5.91 Å². The van der Waals surface area contributed by atoms with Gasteiger partial charge in [-0.2, -0.15) is 0 Å². The normalized spacial score (nSPS) is 14.3. The van der Waals surface area contributed by atoms with Crippen LogP contribution in [0.15, 0.2) is 18.2 Å². The van der Waals surface area contributed by atoms with Crippen molar-refractivity contribution in [2.24, 2.45) is 0 Å². The molecule has 2 aromatic heterocycles. The van der Waals surface area contributed by atoms with Gasteiger partial charge in [0.15, 0.2) is 5.82 Å². The van der Waals surface area contributed by atoms with E-state index in [0.29, 0.717) is 12.2 Å². The minimum Gasteiger partial charge on any atom is -0.351 e. The second-order valence-corrected chi connectivity index (χ2v) is 6.90. The van der Waals surface area contributed by atoms with Crippen molar-refractivity contribution in [3.8, 4) is 0 Å². The maximum Gasteiger partial charge on any atom is 0.268 e. The van der Waals surface area contributed by atoms with Gasteiger partial charge in [0.1, 0.15) is 11.5 Å². The predicted octanol–water partition coefficient (Wildman–Crippen LogP) is 3.03. The molecule has 2 N–H and O–H groups in total. The number of fused-ring (bicyclic) bond motifs is 2. The van der Waals surface area contributed by atoms with E-state index in [2.05, 4.69) is 51.0 Å². The minimum atomic E-state index is -0.112. The first kappa shape index (κ1) is 15.9. The van der Waals surface area contributed by atoms with E-state index >= 15 is 0 Å². The second kappa shape index (κ2) is 6.35. The SMILES string of the molecule is Cc1cc(C)c2cc(C(=O)NCc3nnc4n3CCCCC4)[nH]c2c1. The predicted molar refractivity (Wildman–Crippen MR) is 96.5 cm³/mol. The Bertz CT molecular complexity index is 937. The van der Waals surface area contributed by atoms with Crippen LogP contribution in [0, 0.1) is 13.8 Å². The minimum absolute atomic E-state index is 0.112. The van der Waals surface area contributed by atoms with Crippen LogP contribution < -0.4 is 5.32 Å². The van der Waals surface area contributed by atoms with Gasteiger partial charge in [0.25, 0.3) is 5.91 Å². The Morgan fingerprint density at radius 3 is 2.96 bits per heavy atom. The smallest absolute Gasteiger partial charge is 0.268 e. The van der Waals surface area contributed by atoms with E-state index in [9.17, 15) is 4.79 Å². The third-order valence-corrected chi connectivity index (χ3v) is 4.93. The zero-order valence-electron chi connectivity index (χ0n) is 14.7. The third kappa shape index (κ3) is 3.04. The lowest BCUT2D eigenvalue weighted by Crippen LogP contribution is -2.25. The Balaban J connectivity index is 1.51. The number of amides is 1. The molecule has 0 fully saturated rings. The van der Waals surface area contributed by atoms with Crippen molar-refractivity contribution >= 4 is 16.8 Å². The number of hydrogen-bond donors (Lipinski definition) is 2. The second-order valence-electron chi connectivity index (χ2n) is 6.90. The lowest BCUT2D eigenvalue weighted by molar-refractivity contribution is 0.0945. The number of aryl methyl sites for hydroxylation is 3. The summed E-state index contributed by atoms with van der Waals surface area (Å²) in [5.74, 6) is 1.77. The van der Waals surface area contributed by atoms with Crippen molar-refractivity contribution in [3.05, 3.63) is 46.7 Å². The Labute approximate surface area is 146 Å². The molecule has 6 heteroatoms. The quantitative estimate of drug-likeness (QED) is 0.771. The zero-order chi connectivity index (χ0) is 17.4. The number of nitrogens with zero attached hydrogens (tertiary/aromatic N) is 3. The molecule has 4 rings (SSSR count). The molecule has 0 radical (unpaired) electrons. The molecule has 0 bridgehead atoms. The van der Waals surface area contributed by atoms with Crippen LogP contribution in [-0.2, 0) is 19.5 Å². The van der Waals surface area contributed by atoms with Crippen molar-refractivity contribution in [1.29, 1.82) is 0 Å². The fraction of sp³-hybridized carbons (Fsp3) is 0.421. The molecule has 3 aromatic rings. The van der Waals surface area contributed by atoms with Gasteiger partial charge in [-0.15, -0.1) is 10.2 Å². The molecule has 0 atom stereocenters. The van der Waals surface area contributed by atoms with Gasteiger partial charge in [-0.25, -0.2) is 0 Å². The van der Waals surface area contributed by atoms with Crippen LogP contribution in [-0.4, -0.2) is 25.7 Å². The lowest BCUT2D eigenvalue weighted by atomic mass is 10.1. The van der Waals surface area contributed by atoms with Gasteiger partial charge < -0.3 is 14.9 Å². The molecule has 25 heavy (non-hydrogen) atoms. The number of aromatic nitrogens is 4. The number of hydrogen-bond acceptors (Lipinski definition) is 3. The Kier molecular flexibility index (Phi) is 4.03. The van der Waals surface area contributed by atoms with Crippen LogP contribution in [0.5, 0.6) is 0 Å². The maximum atomic E-state index is 12.5. The van der Waals surface area contributed by atoms with Crippen LogP contribution in [0.2, 0.25) is 0 Å². The van der Waals surface area contributed by atoms with Crippen molar-refractivity contribution in [1.82, 2.24) is 25.1 Å². The fourth-order valence-electron chi connectivity index (χ4n) is 3.65. The maximum absolute atomic E-state index is 12.5. The Morgan fingerprint density at radius 1 is 1.20 bits per heavy atom. The summed E-state index contributed by atoms with van der Waals surface area (Å²) in [5, 5.41) is 12.6. The molecular formula is C19H23N5O. The number of benzene rings is 1. The molecule has 3 heterocycles. The van der Waals surface area contributed by atoms with Crippen LogP contribution in [0.1, 0.15) is 52.5 Å². The first-order valence-electron chi connectivity index (χ1n) is 8.91. The number of H-pyrrole nitrogens is 1. The zero-order valence-corrected chi connectivity index (χ0v) is 14.7. The number of rotatable bonds is 3. The summed E-state index contributed by atoms with van der Waals surface area (Å²) in [7, 11) is 0. The van der Waals surface area contributed by atoms with Gasteiger partial charge in [0.2, 0.25) is 0 Å². The summed E-state index contributed by atoms with van der Waals surface area (Å²) < 4.78 is 2.16. The molecule has 0 aliphatic carbocycles. The summed E-state index contributed by atoms with van der Waals surface area (Å²) in [4.78, 5) is 15.8. The van der Waals surface area contributed by atoms with Crippen molar-refractivity contribution in [2.75, 3.05) is 0 Å². The Hall–Kier alpha value is -2.63. The lowest BCUT2D eigenvalue weighted by Gasteiger charge is -2.07. The van der Waals surface area contributed by atoms with Crippen molar-refractivity contribution < 1.29 is 4.79 Å². The number of carbonyl (C=O) groups excluding carboxylic acids is 1. The summed E-state index contributed by atoms with van der Waals surface area (Å²) in [6.45, 7) is 5.47. The average molecular weight is 337 g/mol. The highest BCUT2D eigenvalue weighted by Crippen LogP contribution is 2.21. The summed E-state index contributed by atoms with van der Waals surface area (Å²) in [5.41, 5.74) is 3.94. The Morgan fingerprint density at radius 2 is 2.08 bits per heavy atom. The molecule has 6 nitrogen and oxygen atoms in total. The van der Waals surface area contributed by atoms with Gasteiger partial charge in [-0.05, 0) is 49.9 Å². The molecule has 0 unspecified atom stereocenters. The van der Waals surface area contributed by atoms with E-state index in [0.717, 1.165) is 41.9 Å². The fourth-order valence-corrected chi connectivity index (χ4v) is 3.65. The van der Waals surface area contributed by atoms with Gasteiger partial charge in [-0.1, -0.05) is 12.5 Å². The van der Waals surface area contributed by atoms with Crippen molar-refractivity contribution in [2.45, 2.75) is 52.6 Å². The molecule has 1 aliphatic heterocycles. The van der Waals surface area contributed by atoms with E-state index in [1.54, 1.807) is 0 Å². The molecule has 1 aliphatic rings. The molecule has 0 spiro atoms. The van der Waals surface area contributed by atoms with Crippen LogP contribution in [0.4, 0.5) is 0 Å². The average Bonchev–Trinajstić information content (AvgIpc) is 3.10. The van der Waals surface area contributed by atoms with Gasteiger partial charge in [0.05, 0.1) is 6.54 Å². The summed E-state index contributed by atoms with van der Waals surface area (Å²) in [6.07, 6.45) is 4.51. The summed E-state index contributed by atoms with van der Waals surface area (Å²) >= 11 is 0. The van der Waals surface area contributed by atoms with Gasteiger partial charge in [0, 0.05) is 23.9 Å². The van der Waals surface area contributed by atoms with Gasteiger partial charge in [-0.3, -0.25) is 4.79 Å². The molecule has 1 aromatic carbocycles. The highest BCUT2D eigenvalue weighted by molar-refractivity contribution is 5.98. The van der Waals surface area contributed by atoms with Crippen LogP contribution in [0.25, 0.3) is 10.9 Å². The standard InChI is InChI=1S/C19H23N5O/c1-12-8-13(2)14-10-16(21-15(14)9-12)19(25)20-11-18-23-22-17-6-4-3-5-7-24(17)18/h8-10,21H,3-7,11H2,1-2H3,(H,20,25). The van der Waals surface area contributed by atoms with E-state index in [4.69, 9.17) is 0 Å². The number of nitrogens with one attached hydrogen (secondary N) is 2. The van der Waals surface area contributed by atoms with E-state index in [1.165, 1.54) is 24.0 Å². The highest BCUT2D eigenvalue weighted by atomic mass is 16.1. The first-order valence-corrected chi connectivity index (χ1v) is 8.91. The molecule has 130 valence electrons. The number of carbonyl (C=O) groups is 1. The van der Waals surface area contributed by atoms with Crippen LogP contribution >= 0.6 is 0 Å². The highest BCUT2D eigenvalue weighted by Gasteiger charge is 2.16. The molecular weight excluding hydrogens is 314 g/mol. The van der Waals surface area contributed by atoms with Crippen LogP contribution in [0.3, 0.4) is 0 Å². The molecule has 0 saturated heterocycles. The topological polar surface area (TPSA) is 75.6 Å².